The van der Waals surface area contributed by atoms with Crippen LogP contribution in [0.3, 0.4) is 0 Å². The van der Waals surface area contributed by atoms with Gasteiger partial charge in [0.1, 0.15) is 0 Å². The van der Waals surface area contributed by atoms with E-state index in [1.807, 2.05) is 24.3 Å². The first-order chi connectivity index (χ1) is 19.4. The molecule has 0 saturated carbocycles. The molecular weight excluding hydrogens is 614 g/mol. The minimum atomic E-state index is -5.08. The summed E-state index contributed by atoms with van der Waals surface area (Å²) < 4.78 is 47.3. The molecule has 2 aromatic carbocycles. The SMILES string of the molecule is COCN(Cc1ccccc1)C[Si](C)(C)C.COc1ccc(/C=C(\C)C(C)=O)cc1OC.ClCCl.O=C(O)C(F)(F)F. The Hall–Kier alpha value is -2.57. The maximum atomic E-state index is 11.1. The van der Waals surface area contributed by atoms with Gasteiger partial charge in [0.05, 0.1) is 34.4 Å². The second kappa shape index (κ2) is 22.0. The zero-order valence-electron chi connectivity index (χ0n) is 25.4. The van der Waals surface area contributed by atoms with E-state index in [-0.39, 0.29) is 11.1 Å². The highest BCUT2D eigenvalue weighted by Gasteiger charge is 2.38. The second-order valence-corrected chi connectivity index (χ2v) is 16.1. The summed E-state index contributed by atoms with van der Waals surface area (Å²) in [5.74, 6) is -1.35. The van der Waals surface area contributed by atoms with E-state index >= 15 is 0 Å². The van der Waals surface area contributed by atoms with Crippen molar-refractivity contribution in [1.82, 2.24) is 4.90 Å². The summed E-state index contributed by atoms with van der Waals surface area (Å²) in [6.07, 6.45) is -2.08. The molecule has 0 amide bonds. The number of alkyl halides is 5. The van der Waals surface area contributed by atoms with Crippen LogP contribution in [0.15, 0.2) is 54.1 Å². The molecule has 7 nitrogen and oxygen atoms in total. The van der Waals surface area contributed by atoms with Crippen molar-refractivity contribution in [2.45, 2.75) is 46.2 Å². The van der Waals surface area contributed by atoms with Crippen molar-refractivity contribution in [2.24, 2.45) is 0 Å². The molecule has 0 aliphatic rings. The summed E-state index contributed by atoms with van der Waals surface area (Å²) >= 11 is 9.53. The van der Waals surface area contributed by atoms with E-state index in [1.165, 1.54) is 11.7 Å². The van der Waals surface area contributed by atoms with Crippen LogP contribution in [-0.2, 0) is 20.9 Å². The number of halogens is 5. The molecule has 0 aliphatic heterocycles. The summed E-state index contributed by atoms with van der Waals surface area (Å²) in [4.78, 5) is 22.4. The van der Waals surface area contributed by atoms with Crippen LogP contribution in [-0.4, -0.2) is 75.6 Å². The number of carboxylic acids is 1. The largest absolute Gasteiger partial charge is 0.493 e. The molecule has 2 aromatic rings. The molecule has 42 heavy (non-hydrogen) atoms. The van der Waals surface area contributed by atoms with Gasteiger partial charge in [0, 0.05) is 13.7 Å². The van der Waals surface area contributed by atoms with E-state index in [1.54, 1.807) is 35.2 Å². The van der Waals surface area contributed by atoms with E-state index in [2.05, 4.69) is 54.9 Å². The van der Waals surface area contributed by atoms with Crippen LogP contribution in [0.5, 0.6) is 11.5 Å². The standard InChI is InChI=1S/C13H23NOSi.C13H16O3.C2HF3O2.CH2Cl2/c1-15-11-14(12-16(2,3)4)10-13-8-6-5-7-9-13;1-9(10(2)14)7-11-5-6-12(15-3)13(8-11)16-4;3-2(4,5)1(6)7;2-1-3/h5-9H,10-12H2,1-4H3;5-8H,1-4H3;(H,6,7);1H2/b;9-7+;;. The maximum absolute atomic E-state index is 11.1. The van der Waals surface area contributed by atoms with Crippen molar-refractivity contribution in [3.05, 3.63) is 65.2 Å². The van der Waals surface area contributed by atoms with Crippen molar-refractivity contribution in [3.8, 4) is 11.5 Å². The Morgan fingerprint density at radius 2 is 1.45 bits per heavy atom. The number of carbonyl (C=O) groups excluding carboxylic acids is 1. The molecule has 0 aromatic heterocycles. The number of methoxy groups -OCH3 is 3. The Morgan fingerprint density at radius 3 is 1.83 bits per heavy atom. The number of ketones is 1. The molecule has 0 saturated heterocycles. The van der Waals surface area contributed by atoms with Crippen LogP contribution in [0.25, 0.3) is 6.08 Å². The molecule has 0 atom stereocenters. The Kier molecular flexibility index (Phi) is 21.8. The Labute approximate surface area is 258 Å². The fourth-order valence-electron chi connectivity index (χ4n) is 3.14. The summed E-state index contributed by atoms with van der Waals surface area (Å²) in [6.45, 7) is 12.2. The van der Waals surface area contributed by atoms with Crippen molar-refractivity contribution in [3.63, 3.8) is 0 Å². The quantitative estimate of drug-likeness (QED) is 0.121. The fourth-order valence-corrected chi connectivity index (χ4v) is 4.68. The van der Waals surface area contributed by atoms with Crippen molar-refractivity contribution in [2.75, 3.05) is 39.6 Å². The van der Waals surface area contributed by atoms with Crippen molar-refractivity contribution >= 4 is 49.1 Å². The van der Waals surface area contributed by atoms with Crippen LogP contribution in [0.1, 0.15) is 25.0 Å². The Morgan fingerprint density at radius 1 is 0.952 bits per heavy atom. The number of ether oxygens (including phenoxy) is 3. The van der Waals surface area contributed by atoms with E-state index in [4.69, 9.17) is 47.3 Å². The van der Waals surface area contributed by atoms with Gasteiger partial charge in [-0.05, 0) is 54.9 Å². The number of Topliss-reactive ketones (excluding diaryl/α,β-unsaturated/α-hetero) is 1. The van der Waals surface area contributed by atoms with E-state index in [0.29, 0.717) is 17.1 Å². The number of hydrogen-bond donors (Lipinski definition) is 1. The van der Waals surface area contributed by atoms with Gasteiger partial charge in [0.25, 0.3) is 0 Å². The lowest BCUT2D eigenvalue weighted by molar-refractivity contribution is -0.192. The third-order valence-corrected chi connectivity index (χ3v) is 6.24. The fraction of sp³-hybridized carbons (Fsp3) is 0.448. The van der Waals surface area contributed by atoms with Crippen LogP contribution in [0.4, 0.5) is 13.2 Å². The number of benzene rings is 2. The van der Waals surface area contributed by atoms with Gasteiger partial charge < -0.3 is 19.3 Å². The molecule has 0 spiro atoms. The topological polar surface area (TPSA) is 85.3 Å². The van der Waals surface area contributed by atoms with Gasteiger partial charge in [-0.2, -0.15) is 13.2 Å². The van der Waals surface area contributed by atoms with Gasteiger partial charge in [-0.15, -0.1) is 23.2 Å². The van der Waals surface area contributed by atoms with Gasteiger partial charge >= 0.3 is 12.1 Å². The van der Waals surface area contributed by atoms with Crippen LogP contribution in [0.2, 0.25) is 19.6 Å². The third kappa shape index (κ3) is 21.2. The molecule has 13 heteroatoms. The summed E-state index contributed by atoms with van der Waals surface area (Å²) in [6, 6.07) is 16.1. The van der Waals surface area contributed by atoms with Gasteiger partial charge in [0.15, 0.2) is 17.3 Å². The highest BCUT2D eigenvalue weighted by atomic mass is 35.5. The molecule has 0 fully saturated rings. The molecular formula is C29H42Cl2F3NO6Si. The normalized spacial score (nSPS) is 11.1. The summed E-state index contributed by atoms with van der Waals surface area (Å²) in [5, 5.41) is 7.32. The Balaban J connectivity index is 0. The summed E-state index contributed by atoms with van der Waals surface area (Å²) in [5.41, 5.74) is 3.00. The minimum absolute atomic E-state index is 0.0646. The molecule has 0 aliphatic carbocycles. The number of nitrogens with zero attached hydrogens (tertiary/aromatic N) is 1. The van der Waals surface area contributed by atoms with E-state index < -0.39 is 20.2 Å². The highest BCUT2D eigenvalue weighted by molar-refractivity contribution is 6.76. The number of carboxylic acid groups (broad SMARTS) is 1. The molecule has 0 bridgehead atoms. The zero-order chi connectivity index (χ0) is 32.9. The van der Waals surface area contributed by atoms with Crippen LogP contribution in [0, 0.1) is 0 Å². The predicted octanol–water partition coefficient (Wildman–Crippen LogP) is 7.72. The molecule has 1 N–H and O–H groups in total. The monoisotopic (exact) mass is 655 g/mol. The van der Waals surface area contributed by atoms with Crippen LogP contribution >= 0.6 is 23.2 Å². The lowest BCUT2D eigenvalue weighted by Crippen LogP contribution is -2.40. The molecule has 2 rings (SSSR count). The van der Waals surface area contributed by atoms with E-state index in [9.17, 15) is 18.0 Å². The minimum Gasteiger partial charge on any atom is -0.493 e. The average Bonchev–Trinajstić information content (AvgIpc) is 2.89. The number of hydrogen-bond acceptors (Lipinski definition) is 6. The summed E-state index contributed by atoms with van der Waals surface area (Å²) in [7, 11) is 3.88. The first-order valence-corrected chi connectivity index (χ1v) is 17.3. The number of rotatable bonds is 10. The van der Waals surface area contributed by atoms with Crippen LogP contribution < -0.4 is 9.47 Å². The maximum Gasteiger partial charge on any atom is 0.490 e. The van der Waals surface area contributed by atoms with Gasteiger partial charge in [0.2, 0.25) is 0 Å². The number of allylic oxidation sites excluding steroid dienone is 1. The first-order valence-electron chi connectivity index (χ1n) is 12.5. The van der Waals surface area contributed by atoms with Gasteiger partial charge in [-0.25, -0.2) is 4.79 Å². The predicted molar refractivity (Wildman–Crippen MR) is 166 cm³/mol. The van der Waals surface area contributed by atoms with Gasteiger partial charge in [-0.1, -0.05) is 56.0 Å². The second-order valence-electron chi connectivity index (χ2n) is 9.85. The molecule has 0 radical (unpaired) electrons. The smallest absolute Gasteiger partial charge is 0.490 e. The van der Waals surface area contributed by atoms with Crippen molar-refractivity contribution < 1.29 is 42.1 Å². The van der Waals surface area contributed by atoms with E-state index in [0.717, 1.165) is 18.8 Å². The molecule has 0 unspecified atom stereocenters. The molecule has 238 valence electrons. The van der Waals surface area contributed by atoms with Crippen molar-refractivity contribution in [1.29, 1.82) is 0 Å². The third-order valence-electron chi connectivity index (χ3n) is 4.85. The lowest BCUT2D eigenvalue weighted by Gasteiger charge is -2.28. The first kappa shape index (κ1) is 41.6. The molecule has 0 heterocycles. The zero-order valence-corrected chi connectivity index (χ0v) is 27.9. The number of carbonyl (C=O) groups is 2. The lowest BCUT2D eigenvalue weighted by atomic mass is 10.1. The highest BCUT2D eigenvalue weighted by Crippen LogP contribution is 2.28. The Bertz CT molecular complexity index is 1080. The average molecular weight is 657 g/mol. The van der Waals surface area contributed by atoms with Gasteiger partial charge in [-0.3, -0.25) is 9.69 Å². The number of aliphatic carboxylic acids is 1.